The van der Waals surface area contributed by atoms with Crippen molar-refractivity contribution >= 4 is 17.6 Å². The third-order valence-electron chi connectivity index (χ3n) is 2.39. The number of hydrogen-bond acceptors (Lipinski definition) is 3. The molecule has 1 aromatic heterocycles. The molecule has 0 aliphatic carbocycles. The Hall–Kier alpha value is -1.88. The maximum Gasteiger partial charge on any atom is 0.340 e. The summed E-state index contributed by atoms with van der Waals surface area (Å²) < 4.78 is 19.7. The molecular formula is C12H10ClFN2O2. The second kappa shape index (κ2) is 5.18. The zero-order valence-corrected chi connectivity index (χ0v) is 10.3. The number of rotatable bonds is 3. The predicted molar refractivity (Wildman–Crippen MR) is 64.1 cm³/mol. The fraction of sp³-hybridized carbons (Fsp3) is 0.167. The molecule has 0 saturated carbocycles. The number of esters is 1. The van der Waals surface area contributed by atoms with E-state index in [4.69, 9.17) is 11.6 Å². The highest BCUT2D eigenvalue weighted by atomic mass is 35.5. The molecule has 1 heterocycles. The fourth-order valence-electron chi connectivity index (χ4n) is 1.54. The summed E-state index contributed by atoms with van der Waals surface area (Å²) in [6, 6.07) is 4.31. The first-order valence-electron chi connectivity index (χ1n) is 5.15. The first-order chi connectivity index (χ1) is 8.60. The van der Waals surface area contributed by atoms with Crippen LogP contribution in [0.2, 0.25) is 5.02 Å². The van der Waals surface area contributed by atoms with Crippen LogP contribution in [0, 0.1) is 5.82 Å². The summed E-state index contributed by atoms with van der Waals surface area (Å²) in [5.74, 6) is -1.31. The summed E-state index contributed by atoms with van der Waals surface area (Å²) >= 11 is 5.72. The summed E-state index contributed by atoms with van der Waals surface area (Å²) in [6.45, 7) is 0.380. The zero-order chi connectivity index (χ0) is 13.1. The van der Waals surface area contributed by atoms with Crippen molar-refractivity contribution in [3.63, 3.8) is 0 Å². The highest BCUT2D eigenvalue weighted by Gasteiger charge is 2.12. The molecule has 0 fully saturated rings. The van der Waals surface area contributed by atoms with Crippen LogP contribution in [0.4, 0.5) is 4.39 Å². The van der Waals surface area contributed by atoms with E-state index in [1.165, 1.54) is 25.4 Å². The highest BCUT2D eigenvalue weighted by Crippen LogP contribution is 2.13. The Bertz CT molecular complexity index is 583. The van der Waals surface area contributed by atoms with Gasteiger partial charge in [0.1, 0.15) is 5.82 Å². The molecule has 2 aromatic rings. The largest absolute Gasteiger partial charge is 0.465 e. The van der Waals surface area contributed by atoms with Crippen molar-refractivity contribution in [1.82, 2.24) is 9.78 Å². The Morgan fingerprint density at radius 2 is 2.33 bits per heavy atom. The van der Waals surface area contributed by atoms with Crippen molar-refractivity contribution in [2.45, 2.75) is 6.54 Å². The van der Waals surface area contributed by atoms with Crippen LogP contribution < -0.4 is 0 Å². The smallest absolute Gasteiger partial charge is 0.340 e. The van der Waals surface area contributed by atoms with E-state index in [0.29, 0.717) is 17.1 Å². The van der Waals surface area contributed by atoms with Gasteiger partial charge in [-0.15, -0.1) is 0 Å². The van der Waals surface area contributed by atoms with Gasteiger partial charge in [0.15, 0.2) is 0 Å². The van der Waals surface area contributed by atoms with Crippen molar-refractivity contribution in [2.24, 2.45) is 0 Å². The monoisotopic (exact) mass is 268 g/mol. The fourth-order valence-corrected chi connectivity index (χ4v) is 1.70. The number of methoxy groups -OCH3 is 1. The highest BCUT2D eigenvalue weighted by molar-refractivity contribution is 6.30. The Balaban J connectivity index is 2.21. The van der Waals surface area contributed by atoms with Crippen molar-refractivity contribution < 1.29 is 13.9 Å². The summed E-state index contributed by atoms with van der Waals surface area (Å²) in [5, 5.41) is 4.50. The van der Waals surface area contributed by atoms with Crippen LogP contribution in [-0.4, -0.2) is 22.9 Å². The number of halogens is 2. The van der Waals surface area contributed by atoms with Crippen LogP contribution in [0.15, 0.2) is 30.6 Å². The molecule has 0 bridgehead atoms. The summed E-state index contributed by atoms with van der Waals surface area (Å²) in [7, 11) is 1.21. The van der Waals surface area contributed by atoms with Crippen LogP contribution in [0.25, 0.3) is 0 Å². The predicted octanol–water partition coefficient (Wildman–Crippen LogP) is 2.51. The SMILES string of the molecule is COC(=O)c1ccc(Cn2cc(Cl)cn2)cc1F. The first-order valence-corrected chi connectivity index (χ1v) is 5.52. The number of nitrogens with zero attached hydrogens (tertiary/aromatic N) is 2. The third kappa shape index (κ3) is 2.68. The average Bonchev–Trinajstić information content (AvgIpc) is 2.74. The molecule has 18 heavy (non-hydrogen) atoms. The molecule has 2 rings (SSSR count). The van der Waals surface area contributed by atoms with Crippen LogP contribution in [-0.2, 0) is 11.3 Å². The van der Waals surface area contributed by atoms with Gasteiger partial charge in [-0.3, -0.25) is 4.68 Å². The van der Waals surface area contributed by atoms with Crippen molar-refractivity contribution in [1.29, 1.82) is 0 Å². The van der Waals surface area contributed by atoms with Crippen LogP contribution in [0.5, 0.6) is 0 Å². The lowest BCUT2D eigenvalue weighted by atomic mass is 10.1. The van der Waals surface area contributed by atoms with Gasteiger partial charge in [-0.05, 0) is 17.7 Å². The molecule has 1 aromatic carbocycles. The summed E-state index contributed by atoms with van der Waals surface area (Å²) in [5.41, 5.74) is 0.597. The minimum Gasteiger partial charge on any atom is -0.465 e. The maximum absolute atomic E-state index is 13.6. The molecule has 6 heteroatoms. The lowest BCUT2D eigenvalue weighted by molar-refractivity contribution is 0.0595. The number of aromatic nitrogens is 2. The van der Waals surface area contributed by atoms with Gasteiger partial charge in [0.25, 0.3) is 0 Å². The number of carbonyl (C=O) groups is 1. The Morgan fingerprint density at radius 1 is 1.56 bits per heavy atom. The number of hydrogen-bond donors (Lipinski definition) is 0. The van der Waals surface area contributed by atoms with Gasteiger partial charge in [0.05, 0.1) is 30.4 Å². The quantitative estimate of drug-likeness (QED) is 0.804. The lowest BCUT2D eigenvalue weighted by Crippen LogP contribution is -2.06. The van der Waals surface area contributed by atoms with E-state index >= 15 is 0 Å². The van der Waals surface area contributed by atoms with E-state index in [0.717, 1.165) is 0 Å². The standard InChI is InChI=1S/C12H10ClFN2O2/c1-18-12(17)10-3-2-8(4-11(10)14)6-16-7-9(13)5-15-16/h2-5,7H,6H2,1H3. The van der Waals surface area contributed by atoms with Gasteiger partial charge in [-0.2, -0.15) is 5.10 Å². The minimum atomic E-state index is -0.693. The summed E-state index contributed by atoms with van der Waals surface area (Å²) in [4.78, 5) is 11.2. The third-order valence-corrected chi connectivity index (χ3v) is 2.58. The van der Waals surface area contributed by atoms with E-state index in [2.05, 4.69) is 9.84 Å². The Labute approximate surface area is 108 Å². The molecule has 0 saturated heterocycles. The molecule has 0 unspecified atom stereocenters. The zero-order valence-electron chi connectivity index (χ0n) is 9.56. The van der Waals surface area contributed by atoms with Crippen LogP contribution in [0.1, 0.15) is 15.9 Å². The molecular weight excluding hydrogens is 259 g/mol. The second-order valence-corrected chi connectivity index (χ2v) is 4.10. The van der Waals surface area contributed by atoms with Gasteiger partial charge in [0.2, 0.25) is 0 Å². The Morgan fingerprint density at radius 3 is 2.89 bits per heavy atom. The molecule has 0 atom stereocenters. The number of ether oxygens (including phenoxy) is 1. The molecule has 0 aliphatic rings. The van der Waals surface area contributed by atoms with Gasteiger partial charge < -0.3 is 4.74 Å². The molecule has 0 spiro atoms. The number of carbonyl (C=O) groups excluding carboxylic acids is 1. The molecule has 0 N–H and O–H groups in total. The average molecular weight is 269 g/mol. The van der Waals surface area contributed by atoms with E-state index in [1.54, 1.807) is 16.9 Å². The van der Waals surface area contributed by atoms with Gasteiger partial charge in [-0.25, -0.2) is 9.18 Å². The molecule has 0 amide bonds. The van der Waals surface area contributed by atoms with Gasteiger partial charge >= 0.3 is 5.97 Å². The molecule has 4 nitrogen and oxygen atoms in total. The van der Waals surface area contributed by atoms with Gasteiger partial charge in [0, 0.05) is 6.20 Å². The van der Waals surface area contributed by atoms with Gasteiger partial charge in [-0.1, -0.05) is 17.7 Å². The molecule has 0 radical (unpaired) electrons. The second-order valence-electron chi connectivity index (χ2n) is 3.66. The normalized spacial score (nSPS) is 10.4. The topological polar surface area (TPSA) is 44.1 Å². The van der Waals surface area contributed by atoms with Crippen molar-refractivity contribution in [2.75, 3.05) is 7.11 Å². The van der Waals surface area contributed by atoms with Crippen molar-refractivity contribution in [3.8, 4) is 0 Å². The number of benzene rings is 1. The van der Waals surface area contributed by atoms with E-state index in [1.807, 2.05) is 0 Å². The molecule has 0 aliphatic heterocycles. The van der Waals surface area contributed by atoms with Crippen LogP contribution in [0.3, 0.4) is 0 Å². The first kappa shape index (κ1) is 12.6. The lowest BCUT2D eigenvalue weighted by Gasteiger charge is -2.05. The molecule has 94 valence electrons. The van der Waals surface area contributed by atoms with E-state index in [-0.39, 0.29) is 5.56 Å². The Kier molecular flexibility index (Phi) is 3.62. The minimum absolute atomic E-state index is 0.0836. The van der Waals surface area contributed by atoms with Crippen molar-refractivity contribution in [3.05, 3.63) is 52.6 Å². The van der Waals surface area contributed by atoms with E-state index in [9.17, 15) is 9.18 Å². The maximum atomic E-state index is 13.6. The summed E-state index contributed by atoms with van der Waals surface area (Å²) in [6.07, 6.45) is 3.13. The van der Waals surface area contributed by atoms with E-state index < -0.39 is 11.8 Å². The van der Waals surface area contributed by atoms with Crippen LogP contribution >= 0.6 is 11.6 Å².